The zero-order valence-electron chi connectivity index (χ0n) is 21.0. The Morgan fingerprint density at radius 1 is 1.03 bits per heavy atom. The highest BCUT2D eigenvalue weighted by Crippen LogP contribution is 2.36. The Balaban J connectivity index is 1.45. The van der Waals surface area contributed by atoms with Gasteiger partial charge in [-0.05, 0) is 88.2 Å². The molecule has 5 heteroatoms. The van der Waals surface area contributed by atoms with Crippen molar-refractivity contribution in [3.05, 3.63) is 64.7 Å². The lowest BCUT2D eigenvalue weighted by molar-refractivity contribution is -0.120. The molecular weight excluding hydrogens is 420 g/mol. The van der Waals surface area contributed by atoms with E-state index in [0.29, 0.717) is 24.1 Å². The SMILES string of the molecule is Cc1ccc2c(c1)N(CCCCCN1C(C)CCC[C@H]1C)C(=O)C(c1cccc(C(=N)N)c1)C2. The lowest BCUT2D eigenvalue weighted by atomic mass is 9.85. The maximum atomic E-state index is 13.7. The summed E-state index contributed by atoms with van der Waals surface area (Å²) in [4.78, 5) is 18.4. The molecule has 5 nitrogen and oxygen atoms in total. The van der Waals surface area contributed by atoms with Gasteiger partial charge in [0.15, 0.2) is 0 Å². The predicted octanol–water partition coefficient (Wildman–Crippen LogP) is 5.39. The molecule has 0 saturated carbocycles. The van der Waals surface area contributed by atoms with Gasteiger partial charge < -0.3 is 10.6 Å². The molecule has 2 aliphatic rings. The van der Waals surface area contributed by atoms with Gasteiger partial charge in [-0.15, -0.1) is 0 Å². The van der Waals surface area contributed by atoms with Crippen molar-refractivity contribution >= 4 is 17.4 Å². The number of fused-ring (bicyclic) bond motifs is 1. The number of rotatable bonds is 8. The van der Waals surface area contributed by atoms with Crippen molar-refractivity contribution in [1.82, 2.24) is 4.90 Å². The average Bonchev–Trinajstić information content (AvgIpc) is 2.81. The summed E-state index contributed by atoms with van der Waals surface area (Å²) in [7, 11) is 0. The van der Waals surface area contributed by atoms with Gasteiger partial charge in [-0.3, -0.25) is 15.1 Å². The number of amides is 1. The number of unbranched alkanes of at least 4 members (excludes halogenated alkanes) is 2. The topological polar surface area (TPSA) is 73.4 Å². The fourth-order valence-corrected chi connectivity index (χ4v) is 5.78. The lowest BCUT2D eigenvalue weighted by Crippen LogP contribution is -2.44. The number of carbonyl (C=O) groups excluding carboxylic acids is 1. The second-order valence-corrected chi connectivity index (χ2v) is 10.3. The van der Waals surface area contributed by atoms with Crippen LogP contribution < -0.4 is 10.6 Å². The van der Waals surface area contributed by atoms with Crippen LogP contribution in [0, 0.1) is 12.3 Å². The monoisotopic (exact) mass is 460 g/mol. The van der Waals surface area contributed by atoms with E-state index >= 15 is 0 Å². The van der Waals surface area contributed by atoms with E-state index in [2.05, 4.69) is 43.9 Å². The van der Waals surface area contributed by atoms with Gasteiger partial charge in [0.25, 0.3) is 0 Å². The number of hydrogen-bond acceptors (Lipinski definition) is 3. The minimum Gasteiger partial charge on any atom is -0.384 e. The van der Waals surface area contributed by atoms with Crippen molar-refractivity contribution in [2.24, 2.45) is 5.73 Å². The number of nitrogens with one attached hydrogen (secondary N) is 1. The maximum Gasteiger partial charge on any atom is 0.234 e. The van der Waals surface area contributed by atoms with Gasteiger partial charge in [0.1, 0.15) is 5.84 Å². The number of likely N-dealkylation sites (tertiary alicyclic amines) is 1. The second-order valence-electron chi connectivity index (χ2n) is 10.3. The summed E-state index contributed by atoms with van der Waals surface area (Å²) in [5.41, 5.74) is 10.8. The first kappa shape index (κ1) is 24.5. The summed E-state index contributed by atoms with van der Waals surface area (Å²) in [5.74, 6) is -0.0306. The zero-order valence-corrected chi connectivity index (χ0v) is 21.0. The van der Waals surface area contributed by atoms with Crippen molar-refractivity contribution < 1.29 is 4.79 Å². The van der Waals surface area contributed by atoms with Crippen LogP contribution in [-0.4, -0.2) is 41.8 Å². The van der Waals surface area contributed by atoms with Gasteiger partial charge >= 0.3 is 0 Å². The molecule has 1 saturated heterocycles. The predicted molar refractivity (Wildman–Crippen MR) is 141 cm³/mol. The number of nitrogens with zero attached hydrogens (tertiary/aromatic N) is 2. The number of amidine groups is 1. The molecule has 0 aliphatic carbocycles. The Kier molecular flexibility index (Phi) is 7.72. The van der Waals surface area contributed by atoms with Crippen LogP contribution in [0.4, 0.5) is 5.69 Å². The summed E-state index contributed by atoms with van der Waals surface area (Å²) in [6.45, 7) is 8.73. The molecule has 2 unspecified atom stereocenters. The Bertz CT molecular complexity index is 1020. The Morgan fingerprint density at radius 3 is 2.50 bits per heavy atom. The molecule has 0 aromatic heterocycles. The van der Waals surface area contributed by atoms with Crippen LogP contribution >= 0.6 is 0 Å². The van der Waals surface area contributed by atoms with Crippen LogP contribution in [0.3, 0.4) is 0 Å². The van der Waals surface area contributed by atoms with Gasteiger partial charge in [-0.25, -0.2) is 0 Å². The van der Waals surface area contributed by atoms with Crippen LogP contribution in [0.5, 0.6) is 0 Å². The van der Waals surface area contributed by atoms with E-state index in [0.717, 1.165) is 37.2 Å². The first-order chi connectivity index (χ1) is 16.3. The average molecular weight is 461 g/mol. The molecular formula is C29H40N4O. The number of nitrogens with two attached hydrogens (primary N) is 1. The fourth-order valence-electron chi connectivity index (χ4n) is 5.78. The summed E-state index contributed by atoms with van der Waals surface area (Å²) < 4.78 is 0. The highest BCUT2D eigenvalue weighted by Gasteiger charge is 2.34. The molecule has 1 amide bonds. The number of carbonyl (C=O) groups is 1. The Labute approximate surface area is 204 Å². The van der Waals surface area contributed by atoms with Crippen molar-refractivity contribution in [3.63, 3.8) is 0 Å². The largest absolute Gasteiger partial charge is 0.384 e. The number of aryl methyl sites for hydroxylation is 1. The van der Waals surface area contributed by atoms with E-state index in [1.54, 1.807) is 0 Å². The summed E-state index contributed by atoms with van der Waals surface area (Å²) in [6.07, 6.45) is 8.00. The number of anilines is 1. The number of hydrogen-bond donors (Lipinski definition) is 2. The van der Waals surface area contributed by atoms with Gasteiger partial charge in [-0.2, -0.15) is 0 Å². The van der Waals surface area contributed by atoms with Gasteiger partial charge in [0.2, 0.25) is 5.91 Å². The van der Waals surface area contributed by atoms with Crippen molar-refractivity contribution in [2.45, 2.75) is 83.7 Å². The molecule has 2 heterocycles. The van der Waals surface area contributed by atoms with Gasteiger partial charge in [-0.1, -0.05) is 43.2 Å². The molecule has 182 valence electrons. The fraction of sp³-hybridized carbons (Fsp3) is 0.517. The van der Waals surface area contributed by atoms with Crippen LogP contribution in [0.1, 0.15) is 80.5 Å². The highest BCUT2D eigenvalue weighted by molar-refractivity contribution is 6.02. The van der Waals surface area contributed by atoms with E-state index in [-0.39, 0.29) is 17.7 Å². The second kappa shape index (κ2) is 10.7. The first-order valence-corrected chi connectivity index (χ1v) is 13.0. The number of nitrogen functional groups attached to an aromatic ring is 1. The van der Waals surface area contributed by atoms with E-state index in [1.807, 2.05) is 29.2 Å². The van der Waals surface area contributed by atoms with Crippen LogP contribution in [0.2, 0.25) is 0 Å². The van der Waals surface area contributed by atoms with Gasteiger partial charge in [0.05, 0.1) is 5.92 Å². The molecule has 1 fully saturated rings. The molecule has 2 aliphatic heterocycles. The minimum atomic E-state index is -0.232. The normalized spacial score (nSPS) is 23.1. The third-order valence-corrected chi connectivity index (χ3v) is 7.79. The molecule has 3 atom stereocenters. The van der Waals surface area contributed by atoms with E-state index < -0.39 is 0 Å². The Morgan fingerprint density at radius 2 is 1.76 bits per heavy atom. The standard InChI is InChI=1S/C29H40N4O/c1-20-13-14-24-19-26(23-11-8-12-25(18-23)28(30)31)29(34)33(27(24)17-20)16-6-4-5-15-32-21(2)9-7-10-22(32)3/h8,11-14,17-18,21-22,26H,4-7,9-10,15-16,19H2,1-3H3,(H3,30,31)/t21-,22?,26?/m1/s1. The summed E-state index contributed by atoms with van der Waals surface area (Å²) in [6, 6.07) is 15.5. The van der Waals surface area contributed by atoms with E-state index in [4.69, 9.17) is 11.1 Å². The molecule has 4 rings (SSSR count). The van der Waals surface area contributed by atoms with E-state index in [9.17, 15) is 4.79 Å². The quantitative estimate of drug-likeness (QED) is 0.315. The molecule has 34 heavy (non-hydrogen) atoms. The van der Waals surface area contributed by atoms with Crippen molar-refractivity contribution in [2.75, 3.05) is 18.0 Å². The highest BCUT2D eigenvalue weighted by atomic mass is 16.2. The molecule has 0 bridgehead atoms. The maximum absolute atomic E-state index is 13.7. The molecule has 0 radical (unpaired) electrons. The van der Waals surface area contributed by atoms with Crippen LogP contribution in [0.25, 0.3) is 0 Å². The van der Waals surface area contributed by atoms with E-state index in [1.165, 1.54) is 36.8 Å². The summed E-state index contributed by atoms with van der Waals surface area (Å²) >= 11 is 0. The van der Waals surface area contributed by atoms with Crippen molar-refractivity contribution in [1.29, 1.82) is 5.41 Å². The molecule has 2 aromatic rings. The third kappa shape index (κ3) is 5.35. The molecule has 0 spiro atoms. The van der Waals surface area contributed by atoms with Crippen LogP contribution in [-0.2, 0) is 11.2 Å². The minimum absolute atomic E-state index is 0.0373. The zero-order chi connectivity index (χ0) is 24.2. The Hall–Kier alpha value is -2.66. The molecule has 3 N–H and O–H groups in total. The summed E-state index contributed by atoms with van der Waals surface area (Å²) in [5, 5.41) is 7.79. The van der Waals surface area contributed by atoms with Crippen molar-refractivity contribution in [3.8, 4) is 0 Å². The molecule has 2 aromatic carbocycles. The smallest absolute Gasteiger partial charge is 0.234 e. The van der Waals surface area contributed by atoms with Crippen LogP contribution in [0.15, 0.2) is 42.5 Å². The first-order valence-electron chi connectivity index (χ1n) is 13.0. The number of benzene rings is 2. The van der Waals surface area contributed by atoms with Gasteiger partial charge in [0, 0.05) is 29.9 Å². The lowest BCUT2D eigenvalue weighted by Gasteiger charge is -2.39. The number of piperidine rings is 1. The third-order valence-electron chi connectivity index (χ3n) is 7.79.